The van der Waals surface area contributed by atoms with E-state index in [1.165, 1.54) is 11.3 Å². The maximum atomic E-state index is 12.2. The average Bonchev–Trinajstić information content (AvgIpc) is 3.19. The molecule has 8 heteroatoms. The van der Waals surface area contributed by atoms with Crippen molar-refractivity contribution in [2.75, 3.05) is 13.2 Å². The number of amides is 2. The second kappa shape index (κ2) is 6.88. The third kappa shape index (κ3) is 3.33. The van der Waals surface area contributed by atoms with Crippen LogP contribution in [0.25, 0.3) is 10.7 Å². The SMILES string of the molecule is Cc1nc(-c2ccccn2)sc1C(=O)OCC(=O)N1CCCC1=O. The maximum absolute atomic E-state index is 12.2. The van der Waals surface area contributed by atoms with Crippen LogP contribution in [0.15, 0.2) is 24.4 Å². The van der Waals surface area contributed by atoms with Crippen molar-refractivity contribution in [2.24, 2.45) is 0 Å². The van der Waals surface area contributed by atoms with Crippen molar-refractivity contribution in [1.82, 2.24) is 14.9 Å². The number of carbonyl (C=O) groups is 3. The molecule has 0 saturated carbocycles. The van der Waals surface area contributed by atoms with Crippen LogP contribution < -0.4 is 0 Å². The molecular weight excluding hydrogens is 330 g/mol. The molecular formula is C16H15N3O4S. The molecule has 0 atom stereocenters. The molecule has 2 aromatic rings. The van der Waals surface area contributed by atoms with Crippen molar-refractivity contribution in [2.45, 2.75) is 19.8 Å². The highest BCUT2D eigenvalue weighted by Gasteiger charge is 2.27. The second-order valence-corrected chi connectivity index (χ2v) is 6.27. The molecule has 7 nitrogen and oxygen atoms in total. The molecule has 0 radical (unpaired) electrons. The van der Waals surface area contributed by atoms with Crippen molar-refractivity contribution in [3.8, 4) is 10.7 Å². The predicted octanol–water partition coefficient (Wildman–Crippen LogP) is 1.82. The lowest BCUT2D eigenvalue weighted by atomic mass is 10.3. The summed E-state index contributed by atoms with van der Waals surface area (Å²) in [5, 5.41) is 0.612. The molecule has 0 aromatic carbocycles. The van der Waals surface area contributed by atoms with E-state index >= 15 is 0 Å². The molecule has 3 heterocycles. The highest BCUT2D eigenvalue weighted by Crippen LogP contribution is 2.26. The first-order valence-electron chi connectivity index (χ1n) is 7.45. The van der Waals surface area contributed by atoms with Crippen LogP contribution >= 0.6 is 11.3 Å². The Hall–Kier alpha value is -2.61. The molecule has 0 aliphatic carbocycles. The van der Waals surface area contributed by atoms with Gasteiger partial charge in [0.15, 0.2) is 6.61 Å². The number of hydrogen-bond donors (Lipinski definition) is 0. The first-order chi connectivity index (χ1) is 11.6. The number of thiazole rings is 1. The fraction of sp³-hybridized carbons (Fsp3) is 0.312. The molecule has 1 aliphatic rings. The van der Waals surface area contributed by atoms with E-state index < -0.39 is 18.5 Å². The molecule has 0 N–H and O–H groups in total. The summed E-state index contributed by atoms with van der Waals surface area (Å²) < 4.78 is 5.05. The Labute approximate surface area is 142 Å². The van der Waals surface area contributed by atoms with Crippen molar-refractivity contribution in [3.63, 3.8) is 0 Å². The van der Waals surface area contributed by atoms with E-state index in [-0.39, 0.29) is 5.91 Å². The Morgan fingerprint density at radius 2 is 2.21 bits per heavy atom. The smallest absolute Gasteiger partial charge is 0.350 e. The van der Waals surface area contributed by atoms with Gasteiger partial charge in [-0.1, -0.05) is 6.07 Å². The van der Waals surface area contributed by atoms with Crippen LogP contribution in [0.2, 0.25) is 0 Å². The number of ether oxygens (including phenoxy) is 1. The number of aryl methyl sites for hydroxylation is 1. The minimum Gasteiger partial charge on any atom is -0.451 e. The van der Waals surface area contributed by atoms with E-state index in [4.69, 9.17) is 4.74 Å². The summed E-state index contributed by atoms with van der Waals surface area (Å²) in [6.07, 6.45) is 2.66. The lowest BCUT2D eigenvalue weighted by molar-refractivity contribution is -0.143. The Kier molecular flexibility index (Phi) is 4.66. The molecule has 24 heavy (non-hydrogen) atoms. The molecule has 1 fully saturated rings. The van der Waals surface area contributed by atoms with E-state index in [2.05, 4.69) is 9.97 Å². The van der Waals surface area contributed by atoms with Crippen LogP contribution in [0.1, 0.15) is 28.2 Å². The van der Waals surface area contributed by atoms with Gasteiger partial charge in [-0.3, -0.25) is 19.5 Å². The van der Waals surface area contributed by atoms with Gasteiger partial charge >= 0.3 is 5.97 Å². The minimum atomic E-state index is -0.618. The fourth-order valence-electron chi connectivity index (χ4n) is 2.37. The molecule has 0 unspecified atom stereocenters. The summed E-state index contributed by atoms with van der Waals surface area (Å²) >= 11 is 1.17. The van der Waals surface area contributed by atoms with E-state index in [0.29, 0.717) is 40.7 Å². The number of imide groups is 1. The van der Waals surface area contributed by atoms with Gasteiger partial charge in [0, 0.05) is 19.2 Å². The zero-order valence-electron chi connectivity index (χ0n) is 13.0. The van der Waals surface area contributed by atoms with Crippen LogP contribution in [0, 0.1) is 6.92 Å². The highest BCUT2D eigenvalue weighted by atomic mass is 32.1. The summed E-state index contributed by atoms with van der Waals surface area (Å²) in [5.41, 5.74) is 1.19. The fourth-order valence-corrected chi connectivity index (χ4v) is 3.30. The number of aromatic nitrogens is 2. The minimum absolute atomic E-state index is 0.220. The van der Waals surface area contributed by atoms with Gasteiger partial charge < -0.3 is 4.74 Å². The van der Waals surface area contributed by atoms with Crippen LogP contribution in [0.3, 0.4) is 0 Å². The largest absolute Gasteiger partial charge is 0.451 e. The average molecular weight is 345 g/mol. The normalized spacial score (nSPS) is 14.0. The Balaban J connectivity index is 1.66. The van der Waals surface area contributed by atoms with Crippen molar-refractivity contribution < 1.29 is 19.1 Å². The molecule has 1 aliphatic heterocycles. The van der Waals surface area contributed by atoms with E-state index in [0.717, 1.165) is 4.90 Å². The lowest BCUT2D eigenvalue weighted by Gasteiger charge is -2.13. The first-order valence-corrected chi connectivity index (χ1v) is 8.27. The summed E-state index contributed by atoms with van der Waals surface area (Å²) in [6.45, 7) is 1.64. The number of likely N-dealkylation sites (tertiary alicyclic amines) is 1. The molecule has 2 aromatic heterocycles. The van der Waals surface area contributed by atoms with Crippen LogP contribution in [0.5, 0.6) is 0 Å². The van der Waals surface area contributed by atoms with Gasteiger partial charge in [0.25, 0.3) is 5.91 Å². The van der Waals surface area contributed by atoms with Crippen LogP contribution in [-0.2, 0) is 14.3 Å². The van der Waals surface area contributed by atoms with Crippen molar-refractivity contribution in [3.05, 3.63) is 35.0 Å². The molecule has 124 valence electrons. The third-order valence-corrected chi connectivity index (χ3v) is 4.73. The Morgan fingerprint density at radius 3 is 2.88 bits per heavy atom. The topological polar surface area (TPSA) is 89.5 Å². The zero-order chi connectivity index (χ0) is 17.1. The van der Waals surface area contributed by atoms with Gasteiger partial charge in [0.1, 0.15) is 9.88 Å². The van der Waals surface area contributed by atoms with Gasteiger partial charge in [-0.25, -0.2) is 9.78 Å². The maximum Gasteiger partial charge on any atom is 0.350 e. The number of pyridine rings is 1. The molecule has 0 bridgehead atoms. The number of carbonyl (C=O) groups excluding carboxylic acids is 3. The van der Waals surface area contributed by atoms with Gasteiger partial charge in [0.2, 0.25) is 5.91 Å². The summed E-state index contributed by atoms with van der Waals surface area (Å²) in [4.78, 5) is 45.6. The molecule has 1 saturated heterocycles. The predicted molar refractivity (Wildman–Crippen MR) is 86.3 cm³/mol. The number of nitrogens with zero attached hydrogens (tertiary/aromatic N) is 3. The second-order valence-electron chi connectivity index (χ2n) is 5.27. The quantitative estimate of drug-likeness (QED) is 0.785. The molecule has 0 spiro atoms. The first kappa shape index (κ1) is 16.3. The van der Waals surface area contributed by atoms with E-state index in [1.54, 1.807) is 25.3 Å². The summed E-state index contributed by atoms with van der Waals surface area (Å²) in [6, 6.07) is 5.43. The molecule has 2 amide bonds. The van der Waals surface area contributed by atoms with Crippen molar-refractivity contribution in [1.29, 1.82) is 0 Å². The van der Waals surface area contributed by atoms with Crippen LogP contribution in [0.4, 0.5) is 0 Å². The Bertz CT molecular complexity index is 788. The molecule has 3 rings (SSSR count). The monoisotopic (exact) mass is 345 g/mol. The van der Waals surface area contributed by atoms with Crippen molar-refractivity contribution >= 4 is 29.1 Å². The summed E-state index contributed by atoms with van der Waals surface area (Å²) in [5.74, 6) is -1.33. The van der Waals surface area contributed by atoms with Gasteiger partial charge in [0.05, 0.1) is 11.4 Å². The third-order valence-electron chi connectivity index (χ3n) is 3.57. The van der Waals surface area contributed by atoms with Gasteiger partial charge in [-0.15, -0.1) is 11.3 Å². The number of hydrogen-bond acceptors (Lipinski definition) is 7. The van der Waals surface area contributed by atoms with E-state index in [1.807, 2.05) is 6.07 Å². The van der Waals surface area contributed by atoms with Crippen LogP contribution in [-0.4, -0.2) is 45.8 Å². The van der Waals surface area contributed by atoms with E-state index in [9.17, 15) is 14.4 Å². The summed E-state index contributed by atoms with van der Waals surface area (Å²) in [7, 11) is 0. The zero-order valence-corrected chi connectivity index (χ0v) is 13.8. The Morgan fingerprint density at radius 1 is 1.38 bits per heavy atom. The number of esters is 1. The van der Waals surface area contributed by atoms with Gasteiger partial charge in [-0.2, -0.15) is 0 Å². The lowest BCUT2D eigenvalue weighted by Crippen LogP contribution is -2.35. The standard InChI is InChI=1S/C16H15N3O4S/c1-10-14(24-15(18-10)11-5-2-3-7-17-11)16(22)23-9-13(21)19-8-4-6-12(19)20/h2-3,5,7H,4,6,8-9H2,1H3. The highest BCUT2D eigenvalue weighted by molar-refractivity contribution is 7.17. The number of rotatable bonds is 4. The van der Waals surface area contributed by atoms with Gasteiger partial charge in [-0.05, 0) is 25.5 Å².